The molecule has 0 spiro atoms. The number of aromatic amines is 1. The van der Waals surface area contributed by atoms with Crippen LogP contribution < -0.4 is 5.32 Å². The lowest BCUT2D eigenvalue weighted by molar-refractivity contribution is 0.206. The first-order chi connectivity index (χ1) is 10.4. The van der Waals surface area contributed by atoms with E-state index in [1.807, 2.05) is 13.8 Å². The molecule has 0 fully saturated rings. The van der Waals surface area contributed by atoms with E-state index >= 15 is 0 Å². The van der Waals surface area contributed by atoms with E-state index < -0.39 is 5.82 Å². The molecule has 0 saturated carbocycles. The Kier molecular flexibility index (Phi) is 5.03. The van der Waals surface area contributed by atoms with Crippen molar-refractivity contribution in [3.63, 3.8) is 0 Å². The lowest BCUT2D eigenvalue weighted by atomic mass is 10.2. The summed E-state index contributed by atoms with van der Waals surface area (Å²) in [5.74, 6) is -0.488. The predicted molar refractivity (Wildman–Crippen MR) is 83.2 cm³/mol. The van der Waals surface area contributed by atoms with Gasteiger partial charge in [0.2, 0.25) is 0 Å². The number of rotatable bonds is 4. The quantitative estimate of drug-likeness (QED) is 0.907. The molecule has 1 heterocycles. The Bertz CT molecular complexity index is 667. The predicted octanol–water partition coefficient (Wildman–Crippen LogP) is 3.16. The highest BCUT2D eigenvalue weighted by Gasteiger charge is 2.12. The molecule has 7 heteroatoms. The van der Waals surface area contributed by atoms with Gasteiger partial charge in [-0.15, -0.1) is 0 Å². The number of nitrogens with one attached hydrogen (secondary N) is 2. The molecule has 5 nitrogen and oxygen atoms in total. The number of hydrogen-bond acceptors (Lipinski definition) is 2. The van der Waals surface area contributed by atoms with E-state index in [4.69, 9.17) is 11.6 Å². The van der Waals surface area contributed by atoms with Crippen molar-refractivity contribution < 1.29 is 9.18 Å². The van der Waals surface area contributed by atoms with Gasteiger partial charge in [0.1, 0.15) is 5.82 Å². The third-order valence-electron chi connectivity index (χ3n) is 3.45. The van der Waals surface area contributed by atoms with E-state index in [-0.39, 0.29) is 11.1 Å². The second-order valence-corrected chi connectivity index (χ2v) is 5.58. The number of H-pyrrole nitrogens is 1. The molecule has 1 aromatic heterocycles. The van der Waals surface area contributed by atoms with Gasteiger partial charge in [0, 0.05) is 31.4 Å². The minimum Gasteiger partial charge on any atom is -0.334 e. The van der Waals surface area contributed by atoms with Crippen LogP contribution in [0.2, 0.25) is 5.02 Å². The summed E-state index contributed by atoms with van der Waals surface area (Å²) >= 11 is 5.64. The number of urea groups is 1. The van der Waals surface area contributed by atoms with Crippen LogP contribution in [0.1, 0.15) is 22.5 Å². The molecule has 2 N–H and O–H groups in total. The van der Waals surface area contributed by atoms with Crippen molar-refractivity contribution in [3.05, 3.63) is 51.6 Å². The number of carbonyl (C=O) groups is 1. The van der Waals surface area contributed by atoms with Crippen molar-refractivity contribution in [1.29, 1.82) is 0 Å². The first kappa shape index (κ1) is 16.3. The van der Waals surface area contributed by atoms with Crippen molar-refractivity contribution >= 4 is 17.6 Å². The maximum Gasteiger partial charge on any atom is 0.317 e. The maximum absolute atomic E-state index is 13.4. The van der Waals surface area contributed by atoms with Gasteiger partial charge in [0.25, 0.3) is 0 Å². The van der Waals surface area contributed by atoms with Crippen LogP contribution >= 0.6 is 11.6 Å². The maximum atomic E-state index is 13.4. The van der Waals surface area contributed by atoms with Gasteiger partial charge in [-0.05, 0) is 31.5 Å². The second-order valence-electron chi connectivity index (χ2n) is 5.18. The summed E-state index contributed by atoms with van der Waals surface area (Å²) < 4.78 is 13.4. The normalized spacial score (nSPS) is 10.6. The van der Waals surface area contributed by atoms with Crippen LogP contribution in [-0.2, 0) is 13.1 Å². The van der Waals surface area contributed by atoms with Crippen molar-refractivity contribution in [2.45, 2.75) is 26.9 Å². The molecule has 0 unspecified atom stereocenters. The Balaban J connectivity index is 1.93. The van der Waals surface area contributed by atoms with Gasteiger partial charge < -0.3 is 10.2 Å². The highest BCUT2D eigenvalue weighted by Crippen LogP contribution is 2.16. The summed E-state index contributed by atoms with van der Waals surface area (Å²) in [7, 11) is 1.65. The molecule has 0 aliphatic rings. The fourth-order valence-electron chi connectivity index (χ4n) is 2.12. The molecule has 1 aromatic carbocycles. The Morgan fingerprint density at radius 1 is 1.45 bits per heavy atom. The average Bonchev–Trinajstić information content (AvgIpc) is 2.79. The third-order valence-corrected chi connectivity index (χ3v) is 3.75. The number of benzene rings is 1. The Morgan fingerprint density at radius 2 is 2.18 bits per heavy atom. The monoisotopic (exact) mass is 324 g/mol. The first-order valence-corrected chi connectivity index (χ1v) is 7.19. The molecule has 0 radical (unpaired) electrons. The first-order valence-electron chi connectivity index (χ1n) is 6.82. The minimum atomic E-state index is -0.488. The highest BCUT2D eigenvalue weighted by molar-refractivity contribution is 6.30. The van der Waals surface area contributed by atoms with E-state index in [0.717, 1.165) is 17.0 Å². The standard InChI is InChI=1S/C15H18ClFN4O/c1-9-12(10(2)20-19-9)7-18-15(22)21(3)8-11-4-5-13(16)14(17)6-11/h4-6H,7-8H2,1-3H3,(H,18,22)(H,19,20). The fourth-order valence-corrected chi connectivity index (χ4v) is 2.23. The number of amides is 2. The molecule has 0 aliphatic heterocycles. The van der Waals surface area contributed by atoms with Crippen LogP contribution in [-0.4, -0.2) is 28.2 Å². The largest absolute Gasteiger partial charge is 0.334 e. The van der Waals surface area contributed by atoms with E-state index in [1.165, 1.54) is 17.0 Å². The minimum absolute atomic E-state index is 0.0711. The fraction of sp³-hybridized carbons (Fsp3) is 0.333. The van der Waals surface area contributed by atoms with Crippen molar-refractivity contribution in [2.24, 2.45) is 0 Å². The van der Waals surface area contributed by atoms with Gasteiger partial charge in [-0.25, -0.2) is 9.18 Å². The molecule has 2 amide bonds. The molecule has 118 valence electrons. The van der Waals surface area contributed by atoms with Gasteiger partial charge in [-0.3, -0.25) is 5.10 Å². The molecule has 0 bridgehead atoms. The molecule has 0 atom stereocenters. The van der Waals surface area contributed by atoms with Crippen LogP contribution in [0.5, 0.6) is 0 Å². The SMILES string of the molecule is Cc1n[nH]c(C)c1CNC(=O)N(C)Cc1ccc(Cl)c(F)c1. The van der Waals surface area contributed by atoms with E-state index in [2.05, 4.69) is 15.5 Å². The molecule has 22 heavy (non-hydrogen) atoms. The van der Waals surface area contributed by atoms with Crippen LogP contribution in [0, 0.1) is 19.7 Å². The molecule has 0 aliphatic carbocycles. The van der Waals surface area contributed by atoms with Gasteiger partial charge in [0.05, 0.1) is 10.7 Å². The van der Waals surface area contributed by atoms with Crippen molar-refractivity contribution in [3.8, 4) is 0 Å². The second kappa shape index (κ2) is 6.79. The van der Waals surface area contributed by atoms with E-state index in [9.17, 15) is 9.18 Å². The van der Waals surface area contributed by atoms with Gasteiger partial charge >= 0.3 is 6.03 Å². The smallest absolute Gasteiger partial charge is 0.317 e. The zero-order valence-corrected chi connectivity index (χ0v) is 13.5. The molecule has 2 aromatic rings. The number of aromatic nitrogens is 2. The Morgan fingerprint density at radius 3 is 2.77 bits per heavy atom. The Labute approximate surface area is 133 Å². The zero-order valence-electron chi connectivity index (χ0n) is 12.7. The van der Waals surface area contributed by atoms with Crippen LogP contribution in [0.4, 0.5) is 9.18 Å². The number of carbonyl (C=O) groups excluding carboxylic acids is 1. The topological polar surface area (TPSA) is 61.0 Å². The van der Waals surface area contributed by atoms with Gasteiger partial charge in [0.15, 0.2) is 0 Å². The third kappa shape index (κ3) is 3.76. The Hall–Kier alpha value is -2.08. The highest BCUT2D eigenvalue weighted by atomic mass is 35.5. The molecule has 0 saturated heterocycles. The average molecular weight is 325 g/mol. The number of halogens is 2. The van der Waals surface area contributed by atoms with Crippen molar-refractivity contribution in [2.75, 3.05) is 7.05 Å². The van der Waals surface area contributed by atoms with Gasteiger partial charge in [-0.1, -0.05) is 17.7 Å². The number of nitrogens with zero attached hydrogens (tertiary/aromatic N) is 2. The lowest BCUT2D eigenvalue weighted by Gasteiger charge is -2.18. The number of aryl methyl sites for hydroxylation is 2. The summed E-state index contributed by atoms with van der Waals surface area (Å²) in [6, 6.07) is 4.27. The van der Waals surface area contributed by atoms with E-state index in [0.29, 0.717) is 18.7 Å². The summed E-state index contributed by atoms with van der Waals surface area (Å²) in [6.45, 7) is 4.47. The summed E-state index contributed by atoms with van der Waals surface area (Å²) in [5.41, 5.74) is 3.44. The van der Waals surface area contributed by atoms with E-state index in [1.54, 1.807) is 13.1 Å². The summed E-state index contributed by atoms with van der Waals surface area (Å²) in [4.78, 5) is 13.6. The molecular weight excluding hydrogens is 307 g/mol. The van der Waals surface area contributed by atoms with Crippen LogP contribution in [0.3, 0.4) is 0 Å². The van der Waals surface area contributed by atoms with Gasteiger partial charge in [-0.2, -0.15) is 5.10 Å². The lowest BCUT2D eigenvalue weighted by Crippen LogP contribution is -2.36. The zero-order chi connectivity index (χ0) is 16.3. The van der Waals surface area contributed by atoms with Crippen LogP contribution in [0.25, 0.3) is 0 Å². The molecular formula is C15H18ClFN4O. The van der Waals surface area contributed by atoms with Crippen LogP contribution in [0.15, 0.2) is 18.2 Å². The van der Waals surface area contributed by atoms with Crippen molar-refractivity contribution in [1.82, 2.24) is 20.4 Å². The number of hydrogen-bond donors (Lipinski definition) is 2. The summed E-state index contributed by atoms with van der Waals surface area (Å²) in [6.07, 6.45) is 0. The molecule has 2 rings (SSSR count). The summed E-state index contributed by atoms with van der Waals surface area (Å²) in [5, 5.41) is 9.84.